The minimum absolute atomic E-state index is 0.179. The van der Waals surface area contributed by atoms with Gasteiger partial charge in [0.05, 0.1) is 5.41 Å². The first-order valence-corrected chi connectivity index (χ1v) is 30.9. The van der Waals surface area contributed by atoms with Gasteiger partial charge in [-0.3, -0.25) is 4.79 Å². The highest BCUT2D eigenvalue weighted by Crippen LogP contribution is 2.31. The maximum Gasteiger partial charge on any atom is 0.311 e. The van der Waals surface area contributed by atoms with E-state index < -0.39 is 17.6 Å². The van der Waals surface area contributed by atoms with E-state index in [4.69, 9.17) is 70.1 Å². The summed E-state index contributed by atoms with van der Waals surface area (Å²) in [6.07, 6.45) is 2.73. The molecule has 8 aromatic rings. The van der Waals surface area contributed by atoms with Gasteiger partial charge in [-0.25, -0.2) is 0 Å². The monoisotopic (exact) mass is 1240 g/mol. The van der Waals surface area contributed by atoms with Crippen molar-refractivity contribution in [3.05, 3.63) is 259 Å². The van der Waals surface area contributed by atoms with E-state index in [0.717, 1.165) is 101 Å². The quantitative estimate of drug-likeness (QED) is 0.0461. The van der Waals surface area contributed by atoms with Crippen LogP contribution in [-0.2, 0) is 22.4 Å². The Morgan fingerprint density at radius 2 is 0.709 bits per heavy atom. The first-order chi connectivity index (χ1) is 41.3. The van der Waals surface area contributed by atoms with E-state index in [1.54, 1.807) is 0 Å². The normalized spacial score (nSPS) is 12.2. The van der Waals surface area contributed by atoms with Gasteiger partial charge in [0, 0.05) is 45.0 Å². The third-order valence-electron chi connectivity index (χ3n) is 14.6. The van der Waals surface area contributed by atoms with Crippen LogP contribution < -0.4 is 18.9 Å². The smallest absolute Gasteiger partial charge is 0.311 e. The summed E-state index contributed by atoms with van der Waals surface area (Å²) in [5, 5.41) is 13.2. The van der Waals surface area contributed by atoms with E-state index in [-0.39, 0.29) is 44.2 Å². The van der Waals surface area contributed by atoms with Gasteiger partial charge in [0.2, 0.25) is 0 Å². The highest BCUT2D eigenvalue weighted by Gasteiger charge is 2.27. The number of likely N-dealkylation sites (N-methyl/N-ethyl adjacent to an activating group) is 2. The van der Waals surface area contributed by atoms with E-state index in [1.807, 2.05) is 156 Å². The van der Waals surface area contributed by atoms with Crippen LogP contribution in [0.5, 0.6) is 23.0 Å². The van der Waals surface area contributed by atoms with Crippen LogP contribution in [0.15, 0.2) is 194 Å². The second-order valence-corrected chi connectivity index (χ2v) is 24.9. The molecule has 0 spiro atoms. The van der Waals surface area contributed by atoms with Gasteiger partial charge in [0.15, 0.2) is 6.10 Å². The standard InChI is InChI=1S/C39H45Cl2NO4.C34H37Cl2NO3/c1-28-8-20-34(21-9-28)44-26-36(46-38(43)39(2,3)4)27-45-35-22-10-29(11-23-35)7-6-24-42(5)25-37(30-12-16-32(40)17-13-30)31-14-18-33(41)19-15-31;1-25-5-17-32(18-6-25)39-23-31(38)24-40-33-19-7-26(8-20-33)4-3-21-37(2)22-34(27-9-13-29(35)14-10-27)28-11-15-30(36)16-12-28/h8-23,36-37H,6-7,24-27H2,1-5H3;5-20,31,34,38H,3-4,21-24H2,1-2H3. The van der Waals surface area contributed by atoms with Crippen LogP contribution in [-0.4, -0.2) is 99.8 Å². The molecule has 0 aromatic heterocycles. The molecule has 0 fully saturated rings. The van der Waals surface area contributed by atoms with Crippen molar-refractivity contribution in [1.29, 1.82) is 0 Å². The fourth-order valence-electron chi connectivity index (χ4n) is 9.53. The Labute approximate surface area is 530 Å². The zero-order chi connectivity index (χ0) is 61.4. The van der Waals surface area contributed by atoms with Gasteiger partial charge >= 0.3 is 5.97 Å². The number of benzene rings is 8. The number of hydrogen-bond donors (Lipinski definition) is 1. The second kappa shape index (κ2) is 34.1. The molecule has 0 amide bonds. The number of halogens is 4. The summed E-state index contributed by atoms with van der Waals surface area (Å²) in [6.45, 7) is 14.0. The van der Waals surface area contributed by atoms with Gasteiger partial charge in [0.25, 0.3) is 0 Å². The van der Waals surface area contributed by atoms with Crippen molar-refractivity contribution in [2.45, 2.75) is 84.3 Å². The molecule has 0 heterocycles. The van der Waals surface area contributed by atoms with Crippen LogP contribution >= 0.6 is 46.4 Å². The molecule has 13 heteroatoms. The summed E-state index contributed by atoms with van der Waals surface area (Å²) in [6, 6.07) is 64.2. The number of carbonyl (C=O) groups is 1. The molecule has 0 saturated carbocycles. The molecule has 0 bridgehead atoms. The lowest BCUT2D eigenvalue weighted by Crippen LogP contribution is -2.35. The van der Waals surface area contributed by atoms with Crippen LogP contribution in [0.2, 0.25) is 20.1 Å². The van der Waals surface area contributed by atoms with Crippen molar-refractivity contribution in [3.8, 4) is 23.0 Å². The van der Waals surface area contributed by atoms with E-state index in [0.29, 0.717) is 0 Å². The third-order valence-corrected chi connectivity index (χ3v) is 15.6. The zero-order valence-corrected chi connectivity index (χ0v) is 53.6. The first kappa shape index (κ1) is 67.0. The fourth-order valence-corrected chi connectivity index (χ4v) is 10.0. The molecular formula is C73H82Cl4N2O7. The van der Waals surface area contributed by atoms with Crippen molar-refractivity contribution in [1.82, 2.24) is 9.80 Å². The van der Waals surface area contributed by atoms with Crippen molar-refractivity contribution in [2.75, 3.05) is 66.7 Å². The topological polar surface area (TPSA) is 89.9 Å². The fraction of sp³-hybridized carbons (Fsp3) is 0.329. The lowest BCUT2D eigenvalue weighted by molar-refractivity contribution is -0.161. The van der Waals surface area contributed by atoms with E-state index in [2.05, 4.69) is 96.7 Å². The van der Waals surface area contributed by atoms with Crippen molar-refractivity contribution >= 4 is 52.4 Å². The summed E-state index contributed by atoms with van der Waals surface area (Å²) < 4.78 is 29.1. The molecule has 2 atom stereocenters. The summed E-state index contributed by atoms with van der Waals surface area (Å²) in [7, 11) is 4.34. The Hall–Kier alpha value is -6.53. The predicted molar refractivity (Wildman–Crippen MR) is 354 cm³/mol. The average molecular weight is 1240 g/mol. The number of aliphatic hydroxyl groups excluding tert-OH is 1. The number of aryl methyl sites for hydroxylation is 4. The zero-order valence-electron chi connectivity index (χ0n) is 50.6. The second-order valence-electron chi connectivity index (χ2n) is 23.1. The lowest BCUT2D eigenvalue weighted by atomic mass is 9.91. The largest absolute Gasteiger partial charge is 0.491 e. The van der Waals surface area contributed by atoms with Gasteiger partial charge in [-0.2, -0.15) is 0 Å². The molecule has 86 heavy (non-hydrogen) atoms. The Morgan fingerprint density at radius 3 is 1.00 bits per heavy atom. The molecule has 0 radical (unpaired) electrons. The van der Waals surface area contributed by atoms with Crippen molar-refractivity contribution in [3.63, 3.8) is 0 Å². The van der Waals surface area contributed by atoms with Gasteiger partial charge in [-0.1, -0.05) is 155 Å². The maximum atomic E-state index is 12.6. The molecule has 0 aliphatic rings. The number of esters is 1. The molecule has 8 rings (SSSR count). The summed E-state index contributed by atoms with van der Waals surface area (Å²) in [5.74, 6) is 3.08. The van der Waals surface area contributed by atoms with Crippen LogP contribution in [0.3, 0.4) is 0 Å². The van der Waals surface area contributed by atoms with E-state index >= 15 is 0 Å². The minimum Gasteiger partial charge on any atom is -0.491 e. The van der Waals surface area contributed by atoms with E-state index in [1.165, 1.54) is 38.9 Å². The van der Waals surface area contributed by atoms with Crippen LogP contribution in [0.1, 0.15) is 90.0 Å². The molecule has 0 saturated heterocycles. The third kappa shape index (κ3) is 23.3. The Bertz CT molecular complexity index is 3140. The number of carbonyl (C=O) groups excluding carboxylic acids is 1. The Kier molecular flexibility index (Phi) is 26.6. The van der Waals surface area contributed by atoms with Crippen LogP contribution in [0, 0.1) is 19.3 Å². The average Bonchev–Trinajstić information content (AvgIpc) is 3.69. The van der Waals surface area contributed by atoms with Gasteiger partial charge in [-0.05, 0) is 218 Å². The van der Waals surface area contributed by atoms with E-state index in [9.17, 15) is 9.90 Å². The number of nitrogens with zero attached hydrogens (tertiary/aromatic N) is 2. The Morgan fingerprint density at radius 1 is 0.430 bits per heavy atom. The van der Waals surface area contributed by atoms with Gasteiger partial charge in [-0.15, -0.1) is 0 Å². The summed E-state index contributed by atoms with van der Waals surface area (Å²) in [5.41, 5.74) is 9.13. The molecule has 0 aliphatic heterocycles. The highest BCUT2D eigenvalue weighted by molar-refractivity contribution is 6.31. The van der Waals surface area contributed by atoms with Crippen LogP contribution in [0.4, 0.5) is 0 Å². The first-order valence-electron chi connectivity index (χ1n) is 29.4. The number of hydrogen-bond acceptors (Lipinski definition) is 9. The molecule has 2 unspecified atom stereocenters. The number of aliphatic hydroxyl groups is 1. The number of ether oxygens (including phenoxy) is 5. The van der Waals surface area contributed by atoms with Crippen molar-refractivity contribution < 1.29 is 33.6 Å². The van der Waals surface area contributed by atoms with Gasteiger partial charge in [0.1, 0.15) is 55.5 Å². The lowest BCUT2D eigenvalue weighted by Gasteiger charge is -2.25. The number of rotatable bonds is 29. The molecule has 454 valence electrons. The highest BCUT2D eigenvalue weighted by atomic mass is 35.5. The summed E-state index contributed by atoms with van der Waals surface area (Å²) >= 11 is 24.6. The molecule has 9 nitrogen and oxygen atoms in total. The molecule has 8 aromatic carbocycles. The SMILES string of the molecule is Cc1ccc(OCC(COc2ccc(CCCN(C)CC(c3ccc(Cl)cc3)c3ccc(Cl)cc3)cc2)OC(=O)C(C)(C)C)cc1.Cc1ccc(OCC(O)COc2ccc(CCCN(C)CC(c3ccc(Cl)cc3)c3ccc(Cl)cc3)cc2)cc1. The Balaban J connectivity index is 0.000000248. The maximum absolute atomic E-state index is 12.6. The molecule has 0 aliphatic carbocycles. The molecule has 1 N–H and O–H groups in total. The van der Waals surface area contributed by atoms with Crippen LogP contribution in [0.25, 0.3) is 0 Å². The predicted octanol–water partition coefficient (Wildman–Crippen LogP) is 17.2. The summed E-state index contributed by atoms with van der Waals surface area (Å²) in [4.78, 5) is 17.4. The minimum atomic E-state index is -0.707. The van der Waals surface area contributed by atoms with Crippen molar-refractivity contribution in [2.24, 2.45) is 5.41 Å². The van der Waals surface area contributed by atoms with Gasteiger partial charge < -0.3 is 38.6 Å². The molecular weight excluding hydrogens is 1160 g/mol.